The van der Waals surface area contributed by atoms with Crippen molar-refractivity contribution in [2.24, 2.45) is 0 Å². The second-order valence-electron chi connectivity index (χ2n) is 8.05. The number of furan rings is 1. The highest BCUT2D eigenvalue weighted by atomic mass is 35.5. The quantitative estimate of drug-likeness (QED) is 0.503. The number of nitrogens with zero attached hydrogens (tertiary/aromatic N) is 2. The number of carbonyl (C=O) groups excluding carboxylic acids is 2. The van der Waals surface area contributed by atoms with Crippen LogP contribution in [0, 0.1) is 5.82 Å². The van der Waals surface area contributed by atoms with E-state index in [1.807, 2.05) is 6.07 Å². The van der Waals surface area contributed by atoms with Gasteiger partial charge in [-0.25, -0.2) is 4.39 Å². The standard InChI is InChI=1S/C25H26ClFN4O3/c26-19-5-3-18(4-6-19)16-28-24(32)25(33)29-17-22(23-2-1-15-34-23)31-13-11-30(12-14-31)21-9-7-20(27)8-10-21/h1-10,15,22H,11-14,16-17H2,(H,28,32)(H,29,33)/t22-/m1/s1. The summed E-state index contributed by atoms with van der Waals surface area (Å²) in [4.78, 5) is 29.1. The topological polar surface area (TPSA) is 77.8 Å². The molecule has 7 nitrogen and oxygen atoms in total. The first kappa shape index (κ1) is 23.8. The lowest BCUT2D eigenvalue weighted by Crippen LogP contribution is -2.50. The van der Waals surface area contributed by atoms with Crippen LogP contribution in [0.15, 0.2) is 71.3 Å². The Kier molecular flexibility index (Phi) is 7.82. The maximum atomic E-state index is 13.2. The second kappa shape index (κ2) is 11.2. The van der Waals surface area contributed by atoms with Crippen molar-refractivity contribution in [3.05, 3.63) is 89.1 Å². The summed E-state index contributed by atoms with van der Waals surface area (Å²) in [6.45, 7) is 3.41. The van der Waals surface area contributed by atoms with Crippen molar-refractivity contribution in [2.45, 2.75) is 12.6 Å². The van der Waals surface area contributed by atoms with Gasteiger partial charge in [0.05, 0.1) is 12.3 Å². The molecule has 1 aromatic heterocycles. The van der Waals surface area contributed by atoms with Gasteiger partial charge in [0, 0.05) is 50.0 Å². The Morgan fingerprint density at radius 3 is 2.26 bits per heavy atom. The normalized spacial score (nSPS) is 15.1. The summed E-state index contributed by atoms with van der Waals surface area (Å²) in [5.74, 6) is -0.935. The van der Waals surface area contributed by atoms with Gasteiger partial charge in [-0.2, -0.15) is 0 Å². The van der Waals surface area contributed by atoms with Crippen molar-refractivity contribution >= 4 is 29.1 Å². The van der Waals surface area contributed by atoms with E-state index < -0.39 is 11.8 Å². The predicted octanol–water partition coefficient (Wildman–Crippen LogP) is 3.37. The van der Waals surface area contributed by atoms with Crippen LogP contribution in [-0.2, 0) is 16.1 Å². The zero-order valence-electron chi connectivity index (χ0n) is 18.5. The number of carbonyl (C=O) groups is 2. The van der Waals surface area contributed by atoms with E-state index in [0.29, 0.717) is 5.02 Å². The van der Waals surface area contributed by atoms with Crippen molar-refractivity contribution in [2.75, 3.05) is 37.6 Å². The molecule has 2 heterocycles. The van der Waals surface area contributed by atoms with E-state index in [0.717, 1.165) is 43.2 Å². The third kappa shape index (κ3) is 6.15. The number of anilines is 1. The molecule has 2 aromatic carbocycles. The Morgan fingerprint density at radius 2 is 1.62 bits per heavy atom. The Balaban J connectivity index is 1.31. The molecule has 9 heteroatoms. The lowest BCUT2D eigenvalue weighted by Gasteiger charge is -2.39. The fraction of sp³-hybridized carbons (Fsp3) is 0.280. The Labute approximate surface area is 202 Å². The van der Waals surface area contributed by atoms with Crippen LogP contribution >= 0.6 is 11.6 Å². The van der Waals surface area contributed by atoms with Crippen LogP contribution in [0.3, 0.4) is 0 Å². The van der Waals surface area contributed by atoms with E-state index in [1.165, 1.54) is 12.1 Å². The number of hydrogen-bond acceptors (Lipinski definition) is 5. The molecule has 1 aliphatic heterocycles. The van der Waals surface area contributed by atoms with Crippen LogP contribution in [0.4, 0.5) is 10.1 Å². The first-order valence-electron chi connectivity index (χ1n) is 11.1. The maximum absolute atomic E-state index is 13.2. The molecule has 2 N–H and O–H groups in total. The predicted molar refractivity (Wildman–Crippen MR) is 128 cm³/mol. The van der Waals surface area contributed by atoms with Gasteiger partial charge in [0.15, 0.2) is 0 Å². The zero-order valence-corrected chi connectivity index (χ0v) is 19.3. The van der Waals surface area contributed by atoms with Crippen LogP contribution in [0.1, 0.15) is 17.4 Å². The molecule has 0 aliphatic carbocycles. The molecule has 0 bridgehead atoms. The van der Waals surface area contributed by atoms with Gasteiger partial charge in [0.1, 0.15) is 11.6 Å². The largest absolute Gasteiger partial charge is 0.468 e. The Bertz CT molecular complexity index is 1080. The van der Waals surface area contributed by atoms with Crippen LogP contribution < -0.4 is 15.5 Å². The first-order valence-corrected chi connectivity index (χ1v) is 11.5. The van der Waals surface area contributed by atoms with Crippen LogP contribution in [-0.4, -0.2) is 49.4 Å². The molecule has 2 amide bonds. The Morgan fingerprint density at radius 1 is 0.941 bits per heavy atom. The number of benzene rings is 2. The number of hydrogen-bond donors (Lipinski definition) is 2. The minimum absolute atomic E-state index is 0.210. The monoisotopic (exact) mass is 484 g/mol. The van der Waals surface area contributed by atoms with Gasteiger partial charge in [-0.3, -0.25) is 14.5 Å². The minimum atomic E-state index is -0.700. The van der Waals surface area contributed by atoms with Crippen molar-refractivity contribution in [3.8, 4) is 0 Å². The van der Waals surface area contributed by atoms with Crippen LogP contribution in [0.5, 0.6) is 0 Å². The van der Waals surface area contributed by atoms with E-state index in [1.54, 1.807) is 48.7 Å². The summed E-state index contributed by atoms with van der Waals surface area (Å²) < 4.78 is 18.9. The summed E-state index contributed by atoms with van der Waals surface area (Å²) in [6.07, 6.45) is 1.59. The van der Waals surface area contributed by atoms with Gasteiger partial charge in [0.25, 0.3) is 0 Å². The number of halogens is 2. The zero-order chi connectivity index (χ0) is 23.9. The van der Waals surface area contributed by atoms with Crippen LogP contribution in [0.25, 0.3) is 0 Å². The lowest BCUT2D eigenvalue weighted by atomic mass is 10.1. The fourth-order valence-electron chi connectivity index (χ4n) is 3.97. The average molecular weight is 485 g/mol. The molecule has 0 unspecified atom stereocenters. The summed E-state index contributed by atoms with van der Waals surface area (Å²) in [5.41, 5.74) is 1.82. The molecule has 34 heavy (non-hydrogen) atoms. The summed E-state index contributed by atoms with van der Waals surface area (Å²) in [5, 5.41) is 5.96. The number of amides is 2. The van der Waals surface area contributed by atoms with Crippen molar-refractivity contribution in [3.63, 3.8) is 0 Å². The lowest BCUT2D eigenvalue weighted by molar-refractivity contribution is -0.139. The molecule has 3 aromatic rings. The van der Waals surface area contributed by atoms with Crippen molar-refractivity contribution in [1.29, 1.82) is 0 Å². The fourth-order valence-corrected chi connectivity index (χ4v) is 4.09. The number of rotatable bonds is 7. The highest BCUT2D eigenvalue weighted by molar-refractivity contribution is 6.35. The van der Waals surface area contributed by atoms with E-state index in [2.05, 4.69) is 20.4 Å². The third-order valence-electron chi connectivity index (χ3n) is 5.85. The van der Waals surface area contributed by atoms with Crippen LogP contribution in [0.2, 0.25) is 5.02 Å². The summed E-state index contributed by atoms with van der Waals surface area (Å²) >= 11 is 5.87. The SMILES string of the molecule is O=C(NCc1ccc(Cl)cc1)C(=O)NC[C@H](c1ccco1)N1CCN(c2ccc(F)cc2)CC1. The van der Waals surface area contributed by atoms with Gasteiger partial charge in [0.2, 0.25) is 0 Å². The molecular formula is C25H26ClFN4O3. The molecule has 1 saturated heterocycles. The highest BCUT2D eigenvalue weighted by Crippen LogP contribution is 2.24. The maximum Gasteiger partial charge on any atom is 0.309 e. The van der Waals surface area contributed by atoms with Crippen molar-refractivity contribution in [1.82, 2.24) is 15.5 Å². The van der Waals surface area contributed by atoms with E-state index in [9.17, 15) is 14.0 Å². The molecule has 0 spiro atoms. The van der Waals surface area contributed by atoms with E-state index in [4.69, 9.17) is 16.0 Å². The molecule has 0 saturated carbocycles. The first-order chi connectivity index (χ1) is 16.5. The van der Waals surface area contributed by atoms with Gasteiger partial charge in [-0.05, 0) is 54.1 Å². The minimum Gasteiger partial charge on any atom is -0.468 e. The number of piperazine rings is 1. The van der Waals surface area contributed by atoms with E-state index >= 15 is 0 Å². The van der Waals surface area contributed by atoms with Gasteiger partial charge in [-0.1, -0.05) is 23.7 Å². The molecule has 0 radical (unpaired) electrons. The van der Waals surface area contributed by atoms with Gasteiger partial charge >= 0.3 is 11.8 Å². The second-order valence-corrected chi connectivity index (χ2v) is 8.49. The smallest absolute Gasteiger partial charge is 0.309 e. The van der Waals surface area contributed by atoms with Gasteiger partial charge < -0.3 is 20.0 Å². The molecule has 1 atom stereocenters. The van der Waals surface area contributed by atoms with Gasteiger partial charge in [-0.15, -0.1) is 0 Å². The molecule has 1 fully saturated rings. The molecular weight excluding hydrogens is 459 g/mol. The summed E-state index contributed by atoms with van der Waals surface area (Å²) in [7, 11) is 0. The van der Waals surface area contributed by atoms with E-state index in [-0.39, 0.29) is 24.9 Å². The highest BCUT2D eigenvalue weighted by Gasteiger charge is 2.28. The summed E-state index contributed by atoms with van der Waals surface area (Å²) in [6, 6.07) is 17.0. The molecule has 178 valence electrons. The molecule has 1 aliphatic rings. The average Bonchev–Trinajstić information content (AvgIpc) is 3.39. The molecule has 4 rings (SSSR count). The third-order valence-corrected chi connectivity index (χ3v) is 6.10. The van der Waals surface area contributed by atoms with Crippen molar-refractivity contribution < 1.29 is 18.4 Å². The number of nitrogens with one attached hydrogen (secondary N) is 2. The Hall–Kier alpha value is -3.36.